The van der Waals surface area contributed by atoms with Crippen molar-refractivity contribution in [3.8, 4) is 0 Å². The van der Waals surface area contributed by atoms with E-state index >= 15 is 0 Å². The predicted octanol–water partition coefficient (Wildman–Crippen LogP) is 2.02. The fourth-order valence-electron chi connectivity index (χ4n) is 2.82. The molecule has 1 heterocycles. The highest BCUT2D eigenvalue weighted by Crippen LogP contribution is 2.24. The lowest BCUT2D eigenvalue weighted by atomic mass is 10.0. The molecular formula is C17H26ClN3O2. The lowest BCUT2D eigenvalue weighted by Gasteiger charge is -2.35. The van der Waals surface area contributed by atoms with Crippen LogP contribution in [0.25, 0.3) is 0 Å². The number of nitrogens with two attached hydrogens (primary N) is 1. The summed E-state index contributed by atoms with van der Waals surface area (Å²) in [5.41, 5.74) is 6.34. The molecule has 1 atom stereocenters. The Morgan fingerprint density at radius 1 is 1.17 bits per heavy atom. The molecule has 2 amide bonds. The maximum atomic E-state index is 12.5. The Balaban J connectivity index is 0.00000264. The van der Waals surface area contributed by atoms with Gasteiger partial charge in [0.25, 0.3) is 0 Å². The van der Waals surface area contributed by atoms with Gasteiger partial charge in [-0.3, -0.25) is 9.59 Å². The molecule has 2 rings (SSSR count). The number of carbonyl (C=O) groups excluding carboxylic acids is 2. The minimum absolute atomic E-state index is 0. The minimum Gasteiger partial charge on any atom is -0.352 e. The van der Waals surface area contributed by atoms with Gasteiger partial charge in [-0.1, -0.05) is 43.2 Å². The van der Waals surface area contributed by atoms with Crippen molar-refractivity contribution in [3.63, 3.8) is 0 Å². The van der Waals surface area contributed by atoms with Gasteiger partial charge >= 0.3 is 0 Å². The van der Waals surface area contributed by atoms with Crippen LogP contribution in [-0.4, -0.2) is 36.3 Å². The van der Waals surface area contributed by atoms with Crippen molar-refractivity contribution in [1.82, 2.24) is 10.2 Å². The molecule has 128 valence electrons. The molecule has 1 fully saturated rings. The molecule has 1 aliphatic heterocycles. The van der Waals surface area contributed by atoms with Crippen molar-refractivity contribution < 1.29 is 9.59 Å². The van der Waals surface area contributed by atoms with E-state index in [0.29, 0.717) is 26.1 Å². The molecule has 3 N–H and O–H groups in total. The van der Waals surface area contributed by atoms with E-state index in [1.807, 2.05) is 30.3 Å². The minimum atomic E-state index is -0.494. The number of carbonyl (C=O) groups is 2. The number of benzene rings is 1. The number of nitrogens with one attached hydrogen (secondary N) is 1. The summed E-state index contributed by atoms with van der Waals surface area (Å²) in [6, 6.07) is 9.01. The number of hydrogen-bond acceptors (Lipinski definition) is 3. The molecule has 5 nitrogen and oxygen atoms in total. The monoisotopic (exact) mass is 339 g/mol. The maximum Gasteiger partial charge on any atom is 0.247 e. The number of halogens is 1. The van der Waals surface area contributed by atoms with Gasteiger partial charge in [-0.2, -0.15) is 0 Å². The molecule has 0 aromatic heterocycles. The summed E-state index contributed by atoms with van der Waals surface area (Å²) in [7, 11) is 0. The molecule has 0 radical (unpaired) electrons. The number of amides is 2. The number of piperazine rings is 1. The van der Waals surface area contributed by atoms with Gasteiger partial charge in [-0.25, -0.2) is 0 Å². The predicted molar refractivity (Wildman–Crippen MR) is 93.3 cm³/mol. The second-order valence-corrected chi connectivity index (χ2v) is 5.64. The molecule has 6 heteroatoms. The first-order valence-electron chi connectivity index (χ1n) is 8.06. The zero-order valence-electron chi connectivity index (χ0n) is 13.4. The Hall–Kier alpha value is -1.59. The molecule has 1 aromatic carbocycles. The summed E-state index contributed by atoms with van der Waals surface area (Å²) in [5, 5.41) is 2.85. The third-order valence-electron chi connectivity index (χ3n) is 3.99. The Bertz CT molecular complexity index is 496. The van der Waals surface area contributed by atoms with Gasteiger partial charge in [-0.15, -0.1) is 12.4 Å². The van der Waals surface area contributed by atoms with E-state index in [1.54, 1.807) is 4.90 Å². The SMILES string of the molecule is Cl.NCCCCCCC(=O)N1CCNC(=O)C1c1ccccc1. The van der Waals surface area contributed by atoms with Crippen LogP contribution in [0.5, 0.6) is 0 Å². The lowest BCUT2D eigenvalue weighted by Crippen LogP contribution is -2.52. The largest absolute Gasteiger partial charge is 0.352 e. The third kappa shape index (κ3) is 5.52. The van der Waals surface area contributed by atoms with Crippen LogP contribution in [0.1, 0.15) is 43.7 Å². The van der Waals surface area contributed by atoms with Crippen LogP contribution in [-0.2, 0) is 9.59 Å². The van der Waals surface area contributed by atoms with Crippen LogP contribution in [0.15, 0.2) is 30.3 Å². The summed E-state index contributed by atoms with van der Waals surface area (Å²) in [6.07, 6.45) is 4.44. The average Bonchev–Trinajstić information content (AvgIpc) is 2.55. The fraction of sp³-hybridized carbons (Fsp3) is 0.529. The van der Waals surface area contributed by atoms with Crippen LogP contribution < -0.4 is 11.1 Å². The zero-order chi connectivity index (χ0) is 15.8. The lowest BCUT2D eigenvalue weighted by molar-refractivity contribution is -0.143. The zero-order valence-corrected chi connectivity index (χ0v) is 14.2. The van der Waals surface area contributed by atoms with Gasteiger partial charge < -0.3 is 16.0 Å². The quantitative estimate of drug-likeness (QED) is 0.746. The summed E-state index contributed by atoms with van der Waals surface area (Å²) >= 11 is 0. The Kier molecular flexibility index (Phi) is 8.66. The molecule has 0 aliphatic carbocycles. The maximum absolute atomic E-state index is 12.5. The van der Waals surface area contributed by atoms with Crippen LogP contribution in [0.4, 0.5) is 0 Å². The van der Waals surface area contributed by atoms with Crippen LogP contribution >= 0.6 is 12.4 Å². The van der Waals surface area contributed by atoms with Crippen LogP contribution in [0.2, 0.25) is 0 Å². The second kappa shape index (κ2) is 10.2. The molecule has 1 unspecified atom stereocenters. The van der Waals surface area contributed by atoms with Gasteiger partial charge in [0.15, 0.2) is 0 Å². The fourth-order valence-corrected chi connectivity index (χ4v) is 2.82. The van der Waals surface area contributed by atoms with Gasteiger partial charge in [0.1, 0.15) is 6.04 Å². The standard InChI is InChI=1S/C17H25N3O2.ClH/c18-11-7-2-1-6-10-15(21)20-13-12-19-17(22)16(20)14-8-4-3-5-9-14;/h3-5,8-9,16H,1-2,6-7,10-13,18H2,(H,19,22);1H. The number of unbranched alkanes of at least 4 members (excludes halogenated alkanes) is 3. The van der Waals surface area contributed by atoms with E-state index in [-0.39, 0.29) is 24.2 Å². The van der Waals surface area contributed by atoms with E-state index < -0.39 is 6.04 Å². The molecule has 1 saturated heterocycles. The number of hydrogen-bond donors (Lipinski definition) is 2. The highest BCUT2D eigenvalue weighted by atomic mass is 35.5. The third-order valence-corrected chi connectivity index (χ3v) is 3.99. The molecular weight excluding hydrogens is 314 g/mol. The molecule has 0 bridgehead atoms. The summed E-state index contributed by atoms with van der Waals surface area (Å²) in [4.78, 5) is 26.4. The van der Waals surface area contributed by atoms with Crippen molar-refractivity contribution in [3.05, 3.63) is 35.9 Å². The van der Waals surface area contributed by atoms with Crippen molar-refractivity contribution in [2.75, 3.05) is 19.6 Å². The topological polar surface area (TPSA) is 75.4 Å². The molecule has 0 saturated carbocycles. The van der Waals surface area contributed by atoms with Gasteiger partial charge in [0.05, 0.1) is 0 Å². The van der Waals surface area contributed by atoms with Crippen LogP contribution in [0, 0.1) is 0 Å². The first kappa shape index (κ1) is 19.5. The van der Waals surface area contributed by atoms with Gasteiger partial charge in [0.2, 0.25) is 11.8 Å². The number of nitrogens with zero attached hydrogens (tertiary/aromatic N) is 1. The highest BCUT2D eigenvalue weighted by Gasteiger charge is 2.33. The van der Waals surface area contributed by atoms with E-state index in [1.165, 1.54) is 0 Å². The van der Waals surface area contributed by atoms with E-state index in [9.17, 15) is 9.59 Å². The van der Waals surface area contributed by atoms with E-state index in [4.69, 9.17) is 5.73 Å². The normalized spacial score (nSPS) is 17.3. The van der Waals surface area contributed by atoms with Crippen molar-refractivity contribution in [2.24, 2.45) is 5.73 Å². The van der Waals surface area contributed by atoms with E-state index in [2.05, 4.69) is 5.32 Å². The summed E-state index contributed by atoms with van der Waals surface area (Å²) in [5.74, 6) is -0.0228. The van der Waals surface area contributed by atoms with Crippen LogP contribution in [0.3, 0.4) is 0 Å². The molecule has 0 spiro atoms. The molecule has 1 aliphatic rings. The summed E-state index contributed by atoms with van der Waals surface area (Å²) in [6.45, 7) is 1.81. The molecule has 1 aromatic rings. The van der Waals surface area contributed by atoms with Gasteiger partial charge in [-0.05, 0) is 24.9 Å². The second-order valence-electron chi connectivity index (χ2n) is 5.64. The highest BCUT2D eigenvalue weighted by molar-refractivity contribution is 5.89. The first-order valence-corrected chi connectivity index (χ1v) is 8.06. The van der Waals surface area contributed by atoms with E-state index in [0.717, 1.165) is 31.2 Å². The average molecular weight is 340 g/mol. The smallest absolute Gasteiger partial charge is 0.247 e. The summed E-state index contributed by atoms with van der Waals surface area (Å²) < 4.78 is 0. The first-order chi connectivity index (χ1) is 10.7. The van der Waals surface area contributed by atoms with Gasteiger partial charge in [0, 0.05) is 19.5 Å². The Morgan fingerprint density at radius 3 is 2.57 bits per heavy atom. The number of rotatable bonds is 7. The van der Waals surface area contributed by atoms with Crippen molar-refractivity contribution >= 4 is 24.2 Å². The Labute approximate surface area is 144 Å². The van der Waals surface area contributed by atoms with Crippen molar-refractivity contribution in [2.45, 2.75) is 38.1 Å². The molecule has 23 heavy (non-hydrogen) atoms. The van der Waals surface area contributed by atoms with Crippen molar-refractivity contribution in [1.29, 1.82) is 0 Å². The Morgan fingerprint density at radius 2 is 1.87 bits per heavy atom.